The molecule has 0 aromatic carbocycles. The molecule has 0 bridgehead atoms. The summed E-state index contributed by atoms with van der Waals surface area (Å²) in [6.45, 7) is -0.250. The molecule has 0 aromatic heterocycles. The third kappa shape index (κ3) is 141. The molecule has 58 valence electrons. The Labute approximate surface area is 80.0 Å². The first-order valence-electron chi connectivity index (χ1n) is 1.86. The zero-order valence-electron chi connectivity index (χ0n) is 5.39. The molecule has 0 rings (SSSR count). The van der Waals surface area contributed by atoms with Gasteiger partial charge in [0, 0.05) is 0 Å². The molecule has 0 radical (unpaired) electrons. The van der Waals surface area contributed by atoms with E-state index in [0.29, 0.717) is 0 Å². The second-order valence-electron chi connectivity index (χ2n) is 0.894. The van der Waals surface area contributed by atoms with Crippen LogP contribution in [0.15, 0.2) is 0 Å². The van der Waals surface area contributed by atoms with E-state index in [-0.39, 0.29) is 42.8 Å². The summed E-state index contributed by atoms with van der Waals surface area (Å²) in [5.74, 6) is 0. The van der Waals surface area contributed by atoms with Crippen LogP contribution in [0.2, 0.25) is 0 Å². The maximum Gasteiger partial charge on any atom is 1.00 e. The Morgan fingerprint density at radius 2 is 1.20 bits per heavy atom. The number of hydrogen-bond donors (Lipinski definition) is 2. The van der Waals surface area contributed by atoms with Gasteiger partial charge in [0.15, 0.2) is 0 Å². The molecule has 0 fully saturated rings. The van der Waals surface area contributed by atoms with Crippen molar-refractivity contribution in [2.24, 2.45) is 0 Å². The Morgan fingerprint density at radius 3 is 1.20 bits per heavy atom. The quantitative estimate of drug-likeness (QED) is 0.305. The molecule has 0 aromatic rings. The van der Waals surface area contributed by atoms with Crippen molar-refractivity contribution in [2.45, 2.75) is 0 Å². The van der Waals surface area contributed by atoms with E-state index in [1.807, 2.05) is 0 Å². The Kier molecular flexibility index (Phi) is 17.3. The van der Waals surface area contributed by atoms with Crippen molar-refractivity contribution in [3.63, 3.8) is 0 Å². The van der Waals surface area contributed by atoms with Crippen LogP contribution in [0.5, 0.6) is 0 Å². The Bertz CT molecular complexity index is 79.5. The van der Waals surface area contributed by atoms with Gasteiger partial charge in [0.2, 0.25) is 0 Å². The molecular weight excluding hydrogens is 174 g/mol. The molecule has 0 heterocycles. The zero-order chi connectivity index (χ0) is 7.91. The molecule has 0 atom stereocenters. The van der Waals surface area contributed by atoms with E-state index in [1.54, 1.807) is 0 Å². The van der Waals surface area contributed by atoms with Crippen LogP contribution in [0, 0.1) is 0 Å². The summed E-state index contributed by atoms with van der Waals surface area (Å²) in [6, 6.07) is 0. The first kappa shape index (κ1) is 17.2. The smallest absolute Gasteiger partial charge is 0.822 e. The molecule has 0 aliphatic heterocycles. The van der Waals surface area contributed by atoms with Gasteiger partial charge in [0.05, 0.1) is 13.2 Å². The summed E-state index contributed by atoms with van der Waals surface area (Å²) in [5.41, 5.74) is 0. The molecule has 8 heteroatoms. The molecule has 0 saturated heterocycles. The van der Waals surface area contributed by atoms with E-state index < -0.39 is 7.82 Å². The van der Waals surface area contributed by atoms with Gasteiger partial charge < -0.3 is 29.5 Å². The minimum Gasteiger partial charge on any atom is -0.822 e. The molecule has 0 unspecified atom stereocenters. The van der Waals surface area contributed by atoms with Crippen LogP contribution in [0.4, 0.5) is 0 Å². The maximum atomic E-state index is 8.55. The van der Waals surface area contributed by atoms with Gasteiger partial charge in [-0.05, 0) is 0 Å². The summed E-state index contributed by atoms with van der Waals surface area (Å²) in [5, 5.41) is 15.2. The fraction of sp³-hybridized carbons (Fsp3) is 1.00. The number of aliphatic hydroxyl groups is 2. The number of aliphatic hydroxyl groups excluding tert-OH is 2. The third-order valence-electron chi connectivity index (χ3n) is 0.1000. The van der Waals surface area contributed by atoms with Gasteiger partial charge in [-0.2, -0.15) is 7.82 Å². The molecule has 0 aliphatic rings. The van der Waals surface area contributed by atoms with Crippen LogP contribution in [-0.2, 0) is 4.57 Å². The van der Waals surface area contributed by atoms with Crippen LogP contribution < -0.4 is 44.2 Å². The van der Waals surface area contributed by atoms with Gasteiger partial charge in [-0.15, -0.1) is 0 Å². The van der Waals surface area contributed by atoms with E-state index in [1.165, 1.54) is 0 Å². The van der Waals surface area contributed by atoms with Gasteiger partial charge >= 0.3 is 29.6 Å². The molecule has 10 heavy (non-hydrogen) atoms. The van der Waals surface area contributed by atoms with E-state index in [4.69, 9.17) is 29.5 Å². The Hall–Kier alpha value is 1.03. The van der Waals surface area contributed by atoms with Crippen molar-refractivity contribution >= 4 is 7.82 Å². The summed E-state index contributed by atoms with van der Waals surface area (Å²) < 4.78 is 8.55. The SMILES string of the molecule is O=P([O-])([O-])[O-].OCCO.[Na+]. The van der Waals surface area contributed by atoms with Crippen molar-refractivity contribution in [1.82, 2.24) is 0 Å². The van der Waals surface area contributed by atoms with Crippen molar-refractivity contribution in [2.75, 3.05) is 13.2 Å². The fourth-order valence-corrected chi connectivity index (χ4v) is 0. The van der Waals surface area contributed by atoms with Crippen molar-refractivity contribution in [1.29, 1.82) is 0 Å². The molecule has 0 saturated carbocycles. The predicted octanol–water partition coefficient (Wildman–Crippen LogP) is -6.85. The fourth-order valence-electron chi connectivity index (χ4n) is 0. The average molecular weight is 180 g/mol. The number of phosphoric acid groups is 1. The first-order chi connectivity index (χ1) is 3.91. The number of rotatable bonds is 1. The normalized spacial score (nSPS) is 8.90. The molecular formula is C2H6NaO6P-2. The zero-order valence-corrected chi connectivity index (χ0v) is 8.28. The van der Waals surface area contributed by atoms with Crippen LogP contribution in [-0.4, -0.2) is 23.4 Å². The summed E-state index contributed by atoms with van der Waals surface area (Å²) in [6.07, 6.45) is 0. The third-order valence-corrected chi connectivity index (χ3v) is 0.1000. The van der Waals surface area contributed by atoms with Gasteiger partial charge in [-0.3, -0.25) is 0 Å². The Balaban J connectivity index is -0.0000000910. The predicted molar refractivity (Wildman–Crippen MR) is 21.8 cm³/mol. The van der Waals surface area contributed by atoms with Crippen LogP contribution in [0.25, 0.3) is 0 Å². The topological polar surface area (TPSA) is 127 Å². The van der Waals surface area contributed by atoms with Gasteiger partial charge in [0.25, 0.3) is 0 Å². The molecule has 6 nitrogen and oxygen atoms in total. The van der Waals surface area contributed by atoms with Gasteiger partial charge in [-0.1, -0.05) is 0 Å². The van der Waals surface area contributed by atoms with Crippen molar-refractivity contribution in [3.8, 4) is 0 Å². The van der Waals surface area contributed by atoms with E-state index in [0.717, 1.165) is 0 Å². The standard InChI is InChI=1S/C2H6O2.Na.H3O4P/c3-1-2-4;;1-5(2,3)4/h3-4H,1-2H2;;(H3,1,2,3,4)/q;+1;/p-3. The average Bonchev–Trinajstić information content (AvgIpc) is 1.61. The minimum atomic E-state index is -5.39. The Morgan fingerprint density at radius 1 is 1.10 bits per heavy atom. The first-order valence-corrected chi connectivity index (χ1v) is 3.32. The largest absolute Gasteiger partial charge is 1.00 e. The summed E-state index contributed by atoms with van der Waals surface area (Å²) in [4.78, 5) is 25.6. The minimum absolute atomic E-state index is 0. The molecule has 0 amide bonds. The molecule has 0 spiro atoms. The van der Waals surface area contributed by atoms with Crippen molar-refractivity contribution in [3.05, 3.63) is 0 Å². The van der Waals surface area contributed by atoms with E-state index in [9.17, 15) is 0 Å². The monoisotopic (exact) mass is 180 g/mol. The van der Waals surface area contributed by atoms with E-state index in [2.05, 4.69) is 0 Å². The second kappa shape index (κ2) is 10.0. The van der Waals surface area contributed by atoms with Crippen LogP contribution in [0.1, 0.15) is 0 Å². The van der Waals surface area contributed by atoms with Crippen molar-refractivity contribution < 1.29 is 59.0 Å². The molecule has 0 aliphatic carbocycles. The van der Waals surface area contributed by atoms with Gasteiger partial charge in [0.1, 0.15) is 0 Å². The summed E-state index contributed by atoms with van der Waals surface area (Å²) in [7, 11) is -5.39. The van der Waals surface area contributed by atoms with Crippen LogP contribution in [0.3, 0.4) is 0 Å². The molecule has 2 N–H and O–H groups in total. The van der Waals surface area contributed by atoms with Gasteiger partial charge in [-0.25, -0.2) is 0 Å². The van der Waals surface area contributed by atoms with Crippen LogP contribution >= 0.6 is 7.82 Å². The second-order valence-corrected chi connectivity index (χ2v) is 1.79. The maximum absolute atomic E-state index is 8.55. The number of hydrogen-bond acceptors (Lipinski definition) is 6. The summed E-state index contributed by atoms with van der Waals surface area (Å²) >= 11 is 0. The van der Waals surface area contributed by atoms with E-state index >= 15 is 0 Å².